The molecule has 184 valence electrons. The van der Waals surface area contributed by atoms with Gasteiger partial charge in [0.2, 0.25) is 0 Å². The molecule has 1 aliphatic heterocycles. The quantitative estimate of drug-likeness (QED) is 0.288. The molecule has 0 spiro atoms. The van der Waals surface area contributed by atoms with E-state index in [1.54, 1.807) is 4.90 Å². The number of piperazine rings is 1. The van der Waals surface area contributed by atoms with Gasteiger partial charge in [0.05, 0.1) is 10.9 Å². The van der Waals surface area contributed by atoms with Crippen LogP contribution < -0.4 is 5.32 Å². The predicted molar refractivity (Wildman–Crippen MR) is 136 cm³/mol. The van der Waals surface area contributed by atoms with Crippen LogP contribution in [0.5, 0.6) is 0 Å². The second kappa shape index (κ2) is 11.2. The van der Waals surface area contributed by atoms with Gasteiger partial charge >= 0.3 is 0 Å². The average molecular weight is 503 g/mol. The Morgan fingerprint density at radius 1 is 0.889 bits per heavy atom. The van der Waals surface area contributed by atoms with Gasteiger partial charge in [0, 0.05) is 38.1 Å². The molecule has 0 aliphatic carbocycles. The van der Waals surface area contributed by atoms with Crippen molar-refractivity contribution >= 4 is 21.7 Å². The summed E-state index contributed by atoms with van der Waals surface area (Å²) in [6, 6.07) is 27.9. The molecule has 1 heterocycles. The van der Waals surface area contributed by atoms with Gasteiger partial charge in [0.15, 0.2) is 0 Å². The second-order valence-corrected chi connectivity index (χ2v) is 9.79. The number of carbonyl (C=O) groups excluding carboxylic acids is 1. The highest BCUT2D eigenvalue weighted by Gasteiger charge is 2.29. The minimum absolute atomic E-state index is 0.0509. The standard InChI is InChI=1S/C27H26N4O4S/c28-19-23(20-29-24-11-13-25(14-12-24)36(33,34)35)27(32)31-17-15-30(16-18-31)26(21-7-3-1-4-8-21)22-9-5-2-6-10-22/h1-14,20,26,29H,15-18H2,(H,33,34,35)/b23-20-. The predicted octanol–water partition coefficient (Wildman–Crippen LogP) is 3.69. The van der Waals surface area contributed by atoms with Gasteiger partial charge in [0.1, 0.15) is 11.6 Å². The molecule has 36 heavy (non-hydrogen) atoms. The molecule has 3 aromatic carbocycles. The van der Waals surface area contributed by atoms with Crippen LogP contribution in [-0.4, -0.2) is 54.9 Å². The highest BCUT2D eigenvalue weighted by molar-refractivity contribution is 7.85. The number of hydrogen-bond acceptors (Lipinski definition) is 6. The molecular formula is C27H26N4O4S. The molecule has 1 fully saturated rings. The van der Waals surface area contributed by atoms with E-state index >= 15 is 0 Å². The molecular weight excluding hydrogens is 476 g/mol. The third-order valence-electron chi connectivity index (χ3n) is 6.08. The van der Waals surface area contributed by atoms with E-state index in [-0.39, 0.29) is 22.4 Å². The fourth-order valence-corrected chi connectivity index (χ4v) is 4.74. The number of nitriles is 1. The molecule has 0 atom stereocenters. The molecule has 2 N–H and O–H groups in total. The Labute approximate surface area is 210 Å². The molecule has 3 aromatic rings. The van der Waals surface area contributed by atoms with Crippen molar-refractivity contribution in [2.75, 3.05) is 31.5 Å². The smallest absolute Gasteiger partial charge is 0.294 e. The van der Waals surface area contributed by atoms with Gasteiger partial charge in [-0.15, -0.1) is 0 Å². The molecule has 0 saturated carbocycles. The van der Waals surface area contributed by atoms with Gasteiger partial charge in [0.25, 0.3) is 16.0 Å². The molecule has 1 amide bonds. The zero-order valence-electron chi connectivity index (χ0n) is 19.5. The summed E-state index contributed by atoms with van der Waals surface area (Å²) in [6.45, 7) is 2.28. The first-order valence-electron chi connectivity index (χ1n) is 11.4. The van der Waals surface area contributed by atoms with Gasteiger partial charge < -0.3 is 10.2 Å². The van der Waals surface area contributed by atoms with Gasteiger partial charge in [-0.2, -0.15) is 13.7 Å². The summed E-state index contributed by atoms with van der Waals surface area (Å²) in [5.41, 5.74) is 2.79. The number of anilines is 1. The molecule has 4 rings (SSSR count). The van der Waals surface area contributed by atoms with Crippen molar-refractivity contribution in [2.24, 2.45) is 0 Å². The van der Waals surface area contributed by atoms with Crippen molar-refractivity contribution in [2.45, 2.75) is 10.9 Å². The number of nitrogens with zero attached hydrogens (tertiary/aromatic N) is 3. The van der Waals surface area contributed by atoms with Crippen molar-refractivity contribution in [3.8, 4) is 6.07 Å². The van der Waals surface area contributed by atoms with Crippen molar-refractivity contribution in [3.05, 3.63) is 108 Å². The fourth-order valence-electron chi connectivity index (χ4n) is 4.26. The van der Waals surface area contributed by atoms with Crippen LogP contribution in [0.1, 0.15) is 17.2 Å². The minimum Gasteiger partial charge on any atom is -0.360 e. The largest absolute Gasteiger partial charge is 0.360 e. The normalized spacial score (nSPS) is 14.9. The SMILES string of the molecule is N#C/C(=C/Nc1ccc(S(=O)(=O)O)cc1)C(=O)N1CCN(C(c2ccccc2)c2ccccc2)CC1. The topological polar surface area (TPSA) is 114 Å². The van der Waals surface area contributed by atoms with E-state index in [0.29, 0.717) is 31.9 Å². The van der Waals surface area contributed by atoms with Crippen LogP contribution in [-0.2, 0) is 14.9 Å². The van der Waals surface area contributed by atoms with Crippen LogP contribution in [0.25, 0.3) is 0 Å². The van der Waals surface area contributed by atoms with Crippen LogP contribution in [0, 0.1) is 11.3 Å². The summed E-state index contributed by atoms with van der Waals surface area (Å²) < 4.78 is 31.4. The van der Waals surface area contributed by atoms with Crippen molar-refractivity contribution in [1.29, 1.82) is 5.26 Å². The second-order valence-electron chi connectivity index (χ2n) is 8.37. The van der Waals surface area contributed by atoms with Crippen LogP contribution >= 0.6 is 0 Å². The third kappa shape index (κ3) is 5.98. The molecule has 0 bridgehead atoms. The number of amides is 1. The first-order chi connectivity index (χ1) is 17.4. The first-order valence-corrected chi connectivity index (χ1v) is 12.9. The first kappa shape index (κ1) is 25.1. The molecule has 1 saturated heterocycles. The Bertz CT molecular complexity index is 1320. The lowest BCUT2D eigenvalue weighted by atomic mass is 9.96. The average Bonchev–Trinajstić information content (AvgIpc) is 2.90. The van der Waals surface area contributed by atoms with Gasteiger partial charge in [-0.3, -0.25) is 14.2 Å². The Morgan fingerprint density at radius 3 is 1.89 bits per heavy atom. The molecule has 0 unspecified atom stereocenters. The summed E-state index contributed by atoms with van der Waals surface area (Å²) in [7, 11) is -4.29. The number of benzene rings is 3. The summed E-state index contributed by atoms with van der Waals surface area (Å²) in [6.07, 6.45) is 1.31. The Hall–Kier alpha value is -3.97. The summed E-state index contributed by atoms with van der Waals surface area (Å²) in [5, 5.41) is 12.4. The van der Waals surface area contributed by atoms with Crippen molar-refractivity contribution in [1.82, 2.24) is 9.80 Å². The molecule has 8 nitrogen and oxygen atoms in total. The number of nitrogens with one attached hydrogen (secondary N) is 1. The Morgan fingerprint density at radius 2 is 1.42 bits per heavy atom. The Kier molecular flexibility index (Phi) is 7.80. The molecule has 9 heteroatoms. The van der Waals surface area contributed by atoms with Crippen LogP contribution in [0.2, 0.25) is 0 Å². The monoisotopic (exact) mass is 502 g/mol. The zero-order chi connectivity index (χ0) is 25.5. The maximum absolute atomic E-state index is 13.0. The summed E-state index contributed by atoms with van der Waals surface area (Å²) in [5.74, 6) is -0.366. The lowest BCUT2D eigenvalue weighted by molar-refractivity contribution is -0.128. The number of rotatable bonds is 7. The maximum atomic E-state index is 13.0. The summed E-state index contributed by atoms with van der Waals surface area (Å²) in [4.78, 5) is 16.8. The third-order valence-corrected chi connectivity index (χ3v) is 6.95. The highest BCUT2D eigenvalue weighted by atomic mass is 32.2. The van der Waals surface area contributed by atoms with Crippen LogP contribution in [0.15, 0.2) is 102 Å². The zero-order valence-corrected chi connectivity index (χ0v) is 20.3. The van der Waals surface area contributed by atoms with E-state index in [9.17, 15) is 18.5 Å². The molecule has 0 radical (unpaired) electrons. The fraction of sp³-hybridized carbons (Fsp3) is 0.185. The lowest BCUT2D eigenvalue weighted by Gasteiger charge is -2.39. The molecule has 1 aliphatic rings. The van der Waals surface area contributed by atoms with E-state index in [1.807, 2.05) is 42.5 Å². The van der Waals surface area contributed by atoms with E-state index in [2.05, 4.69) is 34.5 Å². The van der Waals surface area contributed by atoms with E-state index in [1.165, 1.54) is 41.6 Å². The van der Waals surface area contributed by atoms with Crippen molar-refractivity contribution < 1.29 is 17.8 Å². The molecule has 0 aromatic heterocycles. The maximum Gasteiger partial charge on any atom is 0.294 e. The van der Waals surface area contributed by atoms with Crippen molar-refractivity contribution in [3.63, 3.8) is 0 Å². The van der Waals surface area contributed by atoms with Gasteiger partial charge in [-0.25, -0.2) is 0 Å². The van der Waals surface area contributed by atoms with Gasteiger partial charge in [-0.05, 0) is 35.4 Å². The highest BCUT2D eigenvalue weighted by Crippen LogP contribution is 2.29. The van der Waals surface area contributed by atoms with E-state index in [4.69, 9.17) is 4.55 Å². The van der Waals surface area contributed by atoms with Crippen LogP contribution in [0.3, 0.4) is 0 Å². The lowest BCUT2D eigenvalue weighted by Crippen LogP contribution is -2.50. The van der Waals surface area contributed by atoms with Gasteiger partial charge in [-0.1, -0.05) is 60.7 Å². The van der Waals surface area contributed by atoms with Crippen LogP contribution in [0.4, 0.5) is 5.69 Å². The Balaban J connectivity index is 1.43. The number of hydrogen-bond donors (Lipinski definition) is 2. The minimum atomic E-state index is -4.29. The number of carbonyl (C=O) groups is 1. The van der Waals surface area contributed by atoms with E-state index in [0.717, 1.165) is 0 Å². The summed E-state index contributed by atoms with van der Waals surface area (Å²) >= 11 is 0. The van der Waals surface area contributed by atoms with E-state index < -0.39 is 10.1 Å².